The van der Waals surface area contributed by atoms with Crippen molar-refractivity contribution in [2.45, 2.75) is 6.18 Å². The van der Waals surface area contributed by atoms with E-state index in [2.05, 4.69) is 15.1 Å². The number of benzene rings is 2. The van der Waals surface area contributed by atoms with Crippen molar-refractivity contribution in [3.63, 3.8) is 0 Å². The zero-order valence-electron chi connectivity index (χ0n) is 15.3. The van der Waals surface area contributed by atoms with E-state index in [-0.39, 0.29) is 0 Å². The SMILES string of the molecule is FC(F)(F)c1ccc(-c2nc(-c3ccccc3)nc3cc(-c4ccco4)nn23)cc1. The Balaban J connectivity index is 1.72. The molecule has 0 aliphatic heterocycles. The first-order chi connectivity index (χ1) is 14.5. The minimum absolute atomic E-state index is 0.380. The van der Waals surface area contributed by atoms with E-state index in [1.54, 1.807) is 18.2 Å². The van der Waals surface area contributed by atoms with Crippen LogP contribution in [-0.4, -0.2) is 19.6 Å². The highest BCUT2D eigenvalue weighted by Gasteiger charge is 2.30. The van der Waals surface area contributed by atoms with Crippen LogP contribution in [0.5, 0.6) is 0 Å². The first-order valence-electron chi connectivity index (χ1n) is 9.04. The van der Waals surface area contributed by atoms with Gasteiger partial charge in [-0.15, -0.1) is 0 Å². The van der Waals surface area contributed by atoms with Crippen molar-refractivity contribution >= 4 is 5.65 Å². The predicted octanol–water partition coefficient (Wildman–Crippen LogP) is 5.74. The van der Waals surface area contributed by atoms with Crippen LogP contribution in [0, 0.1) is 0 Å². The number of halogens is 3. The van der Waals surface area contributed by atoms with Crippen molar-refractivity contribution in [2.24, 2.45) is 0 Å². The van der Waals surface area contributed by atoms with Crippen LogP contribution in [0.25, 0.3) is 39.9 Å². The molecule has 0 radical (unpaired) electrons. The molecule has 2 aromatic carbocycles. The normalized spacial score (nSPS) is 11.8. The number of rotatable bonds is 3. The number of furan rings is 1. The van der Waals surface area contributed by atoms with E-state index in [0.717, 1.165) is 17.7 Å². The van der Waals surface area contributed by atoms with Gasteiger partial charge in [0.05, 0.1) is 11.8 Å². The first kappa shape index (κ1) is 18.1. The number of fused-ring (bicyclic) bond motifs is 1. The average Bonchev–Trinajstić information content (AvgIpc) is 3.43. The second-order valence-electron chi connectivity index (χ2n) is 6.59. The lowest BCUT2D eigenvalue weighted by Crippen LogP contribution is -2.05. The van der Waals surface area contributed by atoms with Crippen LogP contribution >= 0.6 is 0 Å². The summed E-state index contributed by atoms with van der Waals surface area (Å²) in [5, 5.41) is 4.51. The van der Waals surface area contributed by atoms with Gasteiger partial charge in [0, 0.05) is 17.2 Å². The molecule has 148 valence electrons. The Morgan fingerprint density at radius 3 is 2.23 bits per heavy atom. The number of hydrogen-bond acceptors (Lipinski definition) is 4. The third kappa shape index (κ3) is 3.22. The van der Waals surface area contributed by atoms with E-state index in [9.17, 15) is 13.2 Å². The van der Waals surface area contributed by atoms with Crippen molar-refractivity contribution in [3.05, 3.63) is 84.6 Å². The van der Waals surface area contributed by atoms with Gasteiger partial charge in [-0.25, -0.2) is 9.97 Å². The lowest BCUT2D eigenvalue weighted by molar-refractivity contribution is -0.137. The van der Waals surface area contributed by atoms with Gasteiger partial charge in [0.2, 0.25) is 0 Å². The first-order valence-corrected chi connectivity index (χ1v) is 9.04. The Hall–Kier alpha value is -3.94. The summed E-state index contributed by atoms with van der Waals surface area (Å²) in [6.45, 7) is 0. The molecule has 30 heavy (non-hydrogen) atoms. The summed E-state index contributed by atoms with van der Waals surface area (Å²) in [5.74, 6) is 1.38. The second-order valence-corrected chi connectivity index (χ2v) is 6.59. The van der Waals surface area contributed by atoms with Crippen molar-refractivity contribution < 1.29 is 17.6 Å². The summed E-state index contributed by atoms with van der Waals surface area (Å²) in [5.41, 5.74) is 1.60. The van der Waals surface area contributed by atoms with E-state index in [0.29, 0.717) is 34.3 Å². The molecule has 0 spiro atoms. The van der Waals surface area contributed by atoms with E-state index in [1.165, 1.54) is 22.9 Å². The topological polar surface area (TPSA) is 56.2 Å². The van der Waals surface area contributed by atoms with Gasteiger partial charge in [0.15, 0.2) is 23.1 Å². The van der Waals surface area contributed by atoms with Gasteiger partial charge in [-0.3, -0.25) is 0 Å². The highest BCUT2D eigenvalue weighted by molar-refractivity contribution is 5.68. The molecule has 0 saturated heterocycles. The van der Waals surface area contributed by atoms with Gasteiger partial charge in [-0.05, 0) is 24.3 Å². The Morgan fingerprint density at radius 1 is 0.800 bits per heavy atom. The van der Waals surface area contributed by atoms with Gasteiger partial charge in [0.25, 0.3) is 0 Å². The molecule has 0 bridgehead atoms. The molecule has 5 rings (SSSR count). The minimum atomic E-state index is -4.41. The molecule has 0 fully saturated rings. The maximum Gasteiger partial charge on any atom is 0.416 e. The maximum atomic E-state index is 13.0. The number of aromatic nitrogens is 4. The fourth-order valence-electron chi connectivity index (χ4n) is 3.14. The van der Waals surface area contributed by atoms with Crippen LogP contribution in [0.1, 0.15) is 5.56 Å². The number of nitrogens with zero attached hydrogens (tertiary/aromatic N) is 4. The molecule has 0 amide bonds. The van der Waals surface area contributed by atoms with E-state index in [4.69, 9.17) is 4.42 Å². The second kappa shape index (κ2) is 6.84. The summed E-state index contributed by atoms with van der Waals surface area (Å²) >= 11 is 0. The molecule has 0 unspecified atom stereocenters. The van der Waals surface area contributed by atoms with Crippen LogP contribution in [0.3, 0.4) is 0 Å². The predicted molar refractivity (Wildman–Crippen MR) is 104 cm³/mol. The summed E-state index contributed by atoms with van der Waals surface area (Å²) in [6, 6.07) is 19.4. The summed E-state index contributed by atoms with van der Waals surface area (Å²) in [4.78, 5) is 9.19. The Labute approximate surface area is 168 Å². The Kier molecular flexibility index (Phi) is 4.13. The van der Waals surface area contributed by atoms with Crippen LogP contribution in [-0.2, 0) is 6.18 Å². The highest BCUT2D eigenvalue weighted by atomic mass is 19.4. The largest absolute Gasteiger partial charge is 0.463 e. The number of hydrogen-bond donors (Lipinski definition) is 0. The lowest BCUT2D eigenvalue weighted by atomic mass is 10.1. The molecule has 5 aromatic rings. The fourth-order valence-corrected chi connectivity index (χ4v) is 3.14. The standard InChI is InChI=1S/C22H13F3N4O/c23-22(24,25)16-10-8-15(9-11-16)21-27-20(14-5-2-1-3-6-14)26-19-13-17(28-29(19)21)18-7-4-12-30-18/h1-13H. The zero-order chi connectivity index (χ0) is 20.7. The molecule has 8 heteroatoms. The van der Waals surface area contributed by atoms with E-state index in [1.807, 2.05) is 30.3 Å². The van der Waals surface area contributed by atoms with Crippen LogP contribution < -0.4 is 0 Å². The monoisotopic (exact) mass is 406 g/mol. The average molecular weight is 406 g/mol. The molecule has 0 N–H and O–H groups in total. The van der Waals surface area contributed by atoms with Crippen molar-refractivity contribution in [1.29, 1.82) is 0 Å². The van der Waals surface area contributed by atoms with Gasteiger partial charge in [-0.1, -0.05) is 42.5 Å². The Bertz CT molecular complexity index is 1310. The molecule has 0 saturated carbocycles. The molecule has 5 nitrogen and oxygen atoms in total. The van der Waals surface area contributed by atoms with Crippen LogP contribution in [0.15, 0.2) is 83.5 Å². The molecule has 0 atom stereocenters. The fraction of sp³-hybridized carbons (Fsp3) is 0.0455. The molecular formula is C22H13F3N4O. The minimum Gasteiger partial charge on any atom is -0.463 e. The third-order valence-electron chi connectivity index (χ3n) is 4.60. The summed E-state index contributed by atoms with van der Waals surface area (Å²) in [6.07, 6.45) is -2.87. The molecule has 0 aliphatic rings. The van der Waals surface area contributed by atoms with Crippen molar-refractivity contribution in [3.8, 4) is 34.2 Å². The number of alkyl halides is 3. The molecule has 0 aliphatic carbocycles. The molecule has 3 heterocycles. The lowest BCUT2D eigenvalue weighted by Gasteiger charge is -2.09. The quantitative estimate of drug-likeness (QED) is 0.384. The smallest absolute Gasteiger partial charge is 0.416 e. The van der Waals surface area contributed by atoms with Crippen molar-refractivity contribution in [2.75, 3.05) is 0 Å². The van der Waals surface area contributed by atoms with Gasteiger partial charge in [0.1, 0.15) is 5.69 Å². The summed E-state index contributed by atoms with van der Waals surface area (Å²) in [7, 11) is 0. The third-order valence-corrected chi connectivity index (χ3v) is 4.60. The van der Waals surface area contributed by atoms with E-state index >= 15 is 0 Å². The van der Waals surface area contributed by atoms with Crippen LogP contribution in [0.4, 0.5) is 13.2 Å². The zero-order valence-corrected chi connectivity index (χ0v) is 15.3. The maximum absolute atomic E-state index is 13.0. The Morgan fingerprint density at radius 2 is 1.57 bits per heavy atom. The van der Waals surface area contributed by atoms with Gasteiger partial charge >= 0.3 is 6.18 Å². The van der Waals surface area contributed by atoms with Crippen molar-refractivity contribution in [1.82, 2.24) is 19.6 Å². The van der Waals surface area contributed by atoms with E-state index < -0.39 is 11.7 Å². The molecule has 3 aromatic heterocycles. The van der Waals surface area contributed by atoms with Crippen LogP contribution in [0.2, 0.25) is 0 Å². The van der Waals surface area contributed by atoms with Gasteiger partial charge in [-0.2, -0.15) is 22.8 Å². The summed E-state index contributed by atoms with van der Waals surface area (Å²) < 4.78 is 45.8. The highest BCUT2D eigenvalue weighted by Crippen LogP contribution is 2.31. The van der Waals surface area contributed by atoms with Gasteiger partial charge < -0.3 is 4.42 Å². The molecular weight excluding hydrogens is 393 g/mol.